The molecule has 0 aliphatic heterocycles. The molecule has 1 rings (SSSR count). The molecule has 0 atom stereocenters. The zero-order valence-electron chi connectivity index (χ0n) is 8.68. The van der Waals surface area contributed by atoms with E-state index >= 15 is 0 Å². The number of hydrogen-bond acceptors (Lipinski definition) is 6. The molecule has 0 spiro atoms. The lowest BCUT2D eigenvalue weighted by Crippen LogP contribution is -2.05. The highest BCUT2D eigenvalue weighted by Gasteiger charge is 2.20. The molecule has 0 aromatic heterocycles. The van der Waals surface area contributed by atoms with Crippen LogP contribution in [0.4, 0.5) is 0 Å². The number of hydrogen-bond donors (Lipinski definition) is 2. The Morgan fingerprint density at radius 1 is 1.00 bits per heavy atom. The lowest BCUT2D eigenvalue weighted by Gasteiger charge is -2.07. The Morgan fingerprint density at radius 2 is 1.44 bits per heavy atom. The monoisotopic (exact) mass is 226 g/mol. The van der Waals surface area contributed by atoms with Crippen molar-refractivity contribution < 1.29 is 29.3 Å². The van der Waals surface area contributed by atoms with Crippen molar-refractivity contribution in [3.05, 3.63) is 23.3 Å². The molecule has 0 saturated carbocycles. The lowest BCUT2D eigenvalue weighted by molar-refractivity contribution is 0.0580. The number of phenolic OH excluding ortho intramolecular Hbond substituents is 2. The number of phenols is 2. The highest BCUT2D eigenvalue weighted by Crippen LogP contribution is 2.29. The Bertz CT molecular complexity index is 414. The first-order valence-corrected chi connectivity index (χ1v) is 4.23. The van der Waals surface area contributed by atoms with E-state index in [9.17, 15) is 19.8 Å². The summed E-state index contributed by atoms with van der Waals surface area (Å²) >= 11 is 0. The van der Waals surface area contributed by atoms with Crippen molar-refractivity contribution in [2.45, 2.75) is 0 Å². The maximum Gasteiger partial charge on any atom is 0.345 e. The van der Waals surface area contributed by atoms with Crippen LogP contribution in [0.5, 0.6) is 11.5 Å². The SMILES string of the molecule is COC(=O)c1cc(O)c(C(=O)OC)c(O)c1. The maximum atomic E-state index is 11.1. The van der Waals surface area contributed by atoms with Crippen molar-refractivity contribution in [3.63, 3.8) is 0 Å². The Balaban J connectivity index is 3.28. The van der Waals surface area contributed by atoms with Crippen LogP contribution < -0.4 is 0 Å². The van der Waals surface area contributed by atoms with Crippen molar-refractivity contribution in [1.29, 1.82) is 0 Å². The molecule has 2 N–H and O–H groups in total. The van der Waals surface area contributed by atoms with Crippen molar-refractivity contribution in [2.24, 2.45) is 0 Å². The lowest BCUT2D eigenvalue weighted by atomic mass is 10.1. The normalized spacial score (nSPS) is 9.62. The molecule has 0 saturated heterocycles. The first-order valence-electron chi connectivity index (χ1n) is 4.23. The molecule has 0 fully saturated rings. The fourth-order valence-corrected chi connectivity index (χ4v) is 1.16. The maximum absolute atomic E-state index is 11.1. The second-order valence-electron chi connectivity index (χ2n) is 2.87. The van der Waals surface area contributed by atoms with Crippen LogP contribution >= 0.6 is 0 Å². The standard InChI is InChI=1S/C10H10O6/c1-15-9(13)5-3-6(11)8(7(12)4-5)10(14)16-2/h3-4,11-12H,1-2H3. The van der Waals surface area contributed by atoms with Crippen LogP contribution in [0.25, 0.3) is 0 Å². The van der Waals surface area contributed by atoms with Gasteiger partial charge in [-0.1, -0.05) is 0 Å². The summed E-state index contributed by atoms with van der Waals surface area (Å²) < 4.78 is 8.75. The Hall–Kier alpha value is -2.24. The average molecular weight is 226 g/mol. The number of carbonyl (C=O) groups is 2. The van der Waals surface area contributed by atoms with Gasteiger partial charge in [-0.2, -0.15) is 0 Å². The molecule has 0 aliphatic rings. The van der Waals surface area contributed by atoms with Gasteiger partial charge in [-0.15, -0.1) is 0 Å². The summed E-state index contributed by atoms with van der Waals surface area (Å²) in [6.45, 7) is 0. The summed E-state index contributed by atoms with van der Waals surface area (Å²) in [5, 5.41) is 18.9. The zero-order chi connectivity index (χ0) is 12.3. The molecule has 1 aromatic rings. The van der Waals surface area contributed by atoms with E-state index in [1.54, 1.807) is 0 Å². The number of rotatable bonds is 2. The molecule has 0 radical (unpaired) electrons. The summed E-state index contributed by atoms with van der Waals surface area (Å²) in [5.74, 6) is -2.73. The number of methoxy groups -OCH3 is 2. The fourth-order valence-electron chi connectivity index (χ4n) is 1.16. The van der Waals surface area contributed by atoms with Gasteiger partial charge in [-0.3, -0.25) is 0 Å². The summed E-state index contributed by atoms with van der Waals surface area (Å²) in [6.07, 6.45) is 0. The molecule has 0 amide bonds. The summed E-state index contributed by atoms with van der Waals surface area (Å²) in [6, 6.07) is 2.02. The van der Waals surface area contributed by atoms with E-state index in [1.165, 1.54) is 0 Å². The third-order valence-corrected chi connectivity index (χ3v) is 1.91. The molecule has 0 heterocycles. The predicted octanol–water partition coefficient (Wildman–Crippen LogP) is 0.671. The van der Waals surface area contributed by atoms with Crippen LogP contribution in [0.2, 0.25) is 0 Å². The van der Waals surface area contributed by atoms with Gasteiger partial charge < -0.3 is 19.7 Å². The molecule has 0 unspecified atom stereocenters. The van der Waals surface area contributed by atoms with Gasteiger partial charge in [-0.05, 0) is 12.1 Å². The summed E-state index contributed by atoms with van der Waals surface area (Å²) in [4.78, 5) is 22.3. The minimum atomic E-state index is -0.897. The van der Waals surface area contributed by atoms with Gasteiger partial charge >= 0.3 is 11.9 Å². The smallest absolute Gasteiger partial charge is 0.345 e. The number of aromatic hydroxyl groups is 2. The van der Waals surface area contributed by atoms with Gasteiger partial charge in [0.05, 0.1) is 19.8 Å². The molecule has 16 heavy (non-hydrogen) atoms. The molecule has 86 valence electrons. The number of esters is 2. The summed E-state index contributed by atoms with van der Waals surface area (Å²) in [7, 11) is 2.26. The van der Waals surface area contributed by atoms with Gasteiger partial charge in [0.25, 0.3) is 0 Å². The van der Waals surface area contributed by atoms with E-state index in [-0.39, 0.29) is 5.56 Å². The van der Waals surface area contributed by atoms with E-state index < -0.39 is 29.0 Å². The molecule has 6 heteroatoms. The molecule has 0 aliphatic carbocycles. The number of carbonyl (C=O) groups excluding carboxylic acids is 2. The minimum Gasteiger partial charge on any atom is -0.507 e. The zero-order valence-corrected chi connectivity index (χ0v) is 8.68. The fraction of sp³-hybridized carbons (Fsp3) is 0.200. The van der Waals surface area contributed by atoms with Gasteiger partial charge in [-0.25, -0.2) is 9.59 Å². The van der Waals surface area contributed by atoms with E-state index in [4.69, 9.17) is 0 Å². The second-order valence-corrected chi connectivity index (χ2v) is 2.87. The van der Waals surface area contributed by atoms with Crippen LogP contribution in [-0.4, -0.2) is 36.4 Å². The van der Waals surface area contributed by atoms with Crippen molar-refractivity contribution in [2.75, 3.05) is 14.2 Å². The topological polar surface area (TPSA) is 93.1 Å². The van der Waals surface area contributed by atoms with Crippen LogP contribution in [0.15, 0.2) is 12.1 Å². The summed E-state index contributed by atoms with van der Waals surface area (Å²) in [5.41, 5.74) is -0.458. The predicted molar refractivity (Wildman–Crippen MR) is 52.5 cm³/mol. The molecule has 0 bridgehead atoms. The molecule has 6 nitrogen and oxygen atoms in total. The first-order chi connectivity index (χ1) is 7.51. The minimum absolute atomic E-state index is 0.0647. The highest BCUT2D eigenvalue weighted by molar-refractivity contribution is 5.98. The van der Waals surface area contributed by atoms with Crippen LogP contribution in [0.1, 0.15) is 20.7 Å². The van der Waals surface area contributed by atoms with Gasteiger partial charge in [0, 0.05) is 0 Å². The highest BCUT2D eigenvalue weighted by atomic mass is 16.5. The number of ether oxygens (including phenoxy) is 2. The largest absolute Gasteiger partial charge is 0.507 e. The van der Waals surface area contributed by atoms with Crippen LogP contribution in [-0.2, 0) is 9.47 Å². The quantitative estimate of drug-likeness (QED) is 0.720. The van der Waals surface area contributed by atoms with E-state index in [1.807, 2.05) is 0 Å². The Labute approximate surface area is 91.0 Å². The van der Waals surface area contributed by atoms with Crippen LogP contribution in [0.3, 0.4) is 0 Å². The van der Waals surface area contributed by atoms with Crippen LogP contribution in [0, 0.1) is 0 Å². The van der Waals surface area contributed by atoms with Crippen molar-refractivity contribution in [1.82, 2.24) is 0 Å². The second kappa shape index (κ2) is 4.52. The third kappa shape index (κ3) is 2.05. The van der Waals surface area contributed by atoms with E-state index in [2.05, 4.69) is 9.47 Å². The van der Waals surface area contributed by atoms with Gasteiger partial charge in [0.2, 0.25) is 0 Å². The average Bonchev–Trinajstić information content (AvgIpc) is 2.26. The first kappa shape index (κ1) is 11.8. The third-order valence-electron chi connectivity index (χ3n) is 1.91. The van der Waals surface area contributed by atoms with E-state index in [0.717, 1.165) is 26.4 Å². The van der Waals surface area contributed by atoms with Crippen molar-refractivity contribution in [3.8, 4) is 11.5 Å². The Kier molecular flexibility index (Phi) is 3.34. The Morgan fingerprint density at radius 3 is 1.81 bits per heavy atom. The van der Waals surface area contributed by atoms with Crippen molar-refractivity contribution >= 4 is 11.9 Å². The van der Waals surface area contributed by atoms with Gasteiger partial charge in [0.15, 0.2) is 0 Å². The van der Waals surface area contributed by atoms with Gasteiger partial charge in [0.1, 0.15) is 17.1 Å². The molecular weight excluding hydrogens is 216 g/mol. The number of benzene rings is 1. The molecule has 1 aromatic carbocycles. The van der Waals surface area contributed by atoms with E-state index in [0.29, 0.717) is 0 Å². The molecular formula is C10H10O6.